The zero-order valence-electron chi connectivity index (χ0n) is 11.6. The largest absolute Gasteiger partial charge is 0.331 e. The van der Waals surface area contributed by atoms with Crippen LogP contribution in [0.25, 0.3) is 0 Å². The number of rotatable bonds is 6. The van der Waals surface area contributed by atoms with E-state index in [1.165, 1.54) is 5.56 Å². The summed E-state index contributed by atoms with van der Waals surface area (Å²) in [7, 11) is 0. The molecule has 0 bridgehead atoms. The number of halogens is 1. The van der Waals surface area contributed by atoms with Gasteiger partial charge in [0, 0.05) is 24.0 Å². The molecule has 1 aromatic carbocycles. The van der Waals surface area contributed by atoms with E-state index in [4.69, 9.17) is 11.6 Å². The second-order valence-corrected chi connectivity index (χ2v) is 5.37. The molecule has 0 fully saturated rings. The summed E-state index contributed by atoms with van der Waals surface area (Å²) in [5.74, 6) is 0. The van der Waals surface area contributed by atoms with Crippen molar-refractivity contribution < 1.29 is 0 Å². The average Bonchev–Trinajstić information content (AvgIpc) is 3.14. The van der Waals surface area contributed by atoms with Gasteiger partial charge in [0.25, 0.3) is 0 Å². The Hall–Kier alpha value is -2.14. The molecule has 0 amide bonds. The molecule has 0 spiro atoms. The lowest BCUT2D eigenvalue weighted by molar-refractivity contribution is 0.558. The van der Waals surface area contributed by atoms with Gasteiger partial charge in [-0.25, -0.2) is 4.98 Å². The molecule has 2 heterocycles. The number of aromatic nitrogens is 5. The van der Waals surface area contributed by atoms with Gasteiger partial charge >= 0.3 is 0 Å². The molecular weight excluding hydrogens is 286 g/mol. The highest BCUT2D eigenvalue weighted by atomic mass is 35.5. The van der Waals surface area contributed by atoms with Gasteiger partial charge in [0.2, 0.25) is 0 Å². The number of nitrogens with zero attached hydrogens (tertiary/aromatic N) is 5. The molecule has 0 aliphatic heterocycles. The SMILES string of the molecule is Clc1ccc(CCCn2cc(Cn3ccnc3)nn2)cc1. The summed E-state index contributed by atoms with van der Waals surface area (Å²) in [6.07, 6.45) is 9.47. The van der Waals surface area contributed by atoms with Gasteiger partial charge in [0.15, 0.2) is 0 Å². The second-order valence-electron chi connectivity index (χ2n) is 4.94. The number of imidazole rings is 1. The maximum Gasteiger partial charge on any atom is 0.102 e. The monoisotopic (exact) mass is 301 g/mol. The molecule has 5 nitrogen and oxygen atoms in total. The first kappa shape index (κ1) is 13.8. The molecule has 3 rings (SSSR count). The Labute approximate surface area is 128 Å². The van der Waals surface area contributed by atoms with Crippen molar-refractivity contribution in [1.29, 1.82) is 0 Å². The fourth-order valence-electron chi connectivity index (χ4n) is 2.18. The molecule has 0 aliphatic carbocycles. The zero-order valence-corrected chi connectivity index (χ0v) is 12.3. The molecule has 0 saturated carbocycles. The van der Waals surface area contributed by atoms with Crippen LogP contribution in [-0.2, 0) is 19.5 Å². The van der Waals surface area contributed by atoms with Crippen LogP contribution in [0.15, 0.2) is 49.2 Å². The lowest BCUT2D eigenvalue weighted by Crippen LogP contribution is -2.00. The van der Waals surface area contributed by atoms with E-state index in [0.717, 1.165) is 30.1 Å². The van der Waals surface area contributed by atoms with Crippen LogP contribution in [0.3, 0.4) is 0 Å². The Morgan fingerprint density at radius 1 is 1.14 bits per heavy atom. The minimum Gasteiger partial charge on any atom is -0.331 e. The van der Waals surface area contributed by atoms with Crippen molar-refractivity contribution in [2.24, 2.45) is 0 Å². The molecule has 0 radical (unpaired) electrons. The average molecular weight is 302 g/mol. The highest BCUT2D eigenvalue weighted by Gasteiger charge is 2.02. The molecule has 0 atom stereocenters. The second kappa shape index (κ2) is 6.54. The van der Waals surface area contributed by atoms with Crippen molar-refractivity contribution in [2.45, 2.75) is 25.9 Å². The highest BCUT2D eigenvalue weighted by Crippen LogP contribution is 2.11. The van der Waals surface area contributed by atoms with Crippen LogP contribution in [0.5, 0.6) is 0 Å². The fourth-order valence-corrected chi connectivity index (χ4v) is 2.31. The van der Waals surface area contributed by atoms with Gasteiger partial charge in [0.1, 0.15) is 5.69 Å². The van der Waals surface area contributed by atoms with Crippen molar-refractivity contribution in [3.05, 3.63) is 65.5 Å². The number of hydrogen-bond acceptors (Lipinski definition) is 3. The van der Waals surface area contributed by atoms with Crippen LogP contribution in [0.4, 0.5) is 0 Å². The van der Waals surface area contributed by atoms with Crippen LogP contribution in [0.2, 0.25) is 5.02 Å². The van der Waals surface area contributed by atoms with Gasteiger partial charge in [-0.3, -0.25) is 4.68 Å². The number of aryl methyl sites for hydroxylation is 2. The van der Waals surface area contributed by atoms with Crippen LogP contribution in [0.1, 0.15) is 17.7 Å². The first-order valence-corrected chi connectivity index (χ1v) is 7.26. The van der Waals surface area contributed by atoms with Crippen LogP contribution >= 0.6 is 11.6 Å². The minimum atomic E-state index is 0.706. The zero-order chi connectivity index (χ0) is 14.5. The van der Waals surface area contributed by atoms with Crippen molar-refractivity contribution in [1.82, 2.24) is 24.5 Å². The summed E-state index contributed by atoms with van der Waals surface area (Å²) in [6.45, 7) is 1.57. The van der Waals surface area contributed by atoms with Crippen molar-refractivity contribution in [3.8, 4) is 0 Å². The van der Waals surface area contributed by atoms with Crippen molar-refractivity contribution in [3.63, 3.8) is 0 Å². The van der Waals surface area contributed by atoms with E-state index in [0.29, 0.717) is 6.54 Å². The fraction of sp³-hybridized carbons (Fsp3) is 0.267. The Morgan fingerprint density at radius 2 is 2.00 bits per heavy atom. The van der Waals surface area contributed by atoms with E-state index in [2.05, 4.69) is 27.4 Å². The molecule has 2 aromatic heterocycles. The molecular formula is C15H16ClN5. The van der Waals surface area contributed by atoms with Crippen LogP contribution in [0, 0.1) is 0 Å². The molecule has 108 valence electrons. The van der Waals surface area contributed by atoms with E-state index in [9.17, 15) is 0 Å². The van der Waals surface area contributed by atoms with Crippen molar-refractivity contribution >= 4 is 11.6 Å². The Balaban J connectivity index is 1.49. The van der Waals surface area contributed by atoms with E-state index < -0.39 is 0 Å². The van der Waals surface area contributed by atoms with Gasteiger partial charge in [-0.2, -0.15) is 0 Å². The number of hydrogen-bond donors (Lipinski definition) is 0. The van der Waals surface area contributed by atoms with E-state index >= 15 is 0 Å². The topological polar surface area (TPSA) is 48.5 Å². The summed E-state index contributed by atoms with van der Waals surface area (Å²) in [5, 5.41) is 9.11. The first-order valence-electron chi connectivity index (χ1n) is 6.89. The molecule has 0 unspecified atom stereocenters. The van der Waals surface area contributed by atoms with Crippen LogP contribution in [-0.4, -0.2) is 24.5 Å². The third-order valence-corrected chi connectivity index (χ3v) is 3.51. The Bertz CT molecular complexity index is 672. The van der Waals surface area contributed by atoms with Crippen LogP contribution < -0.4 is 0 Å². The minimum absolute atomic E-state index is 0.706. The third-order valence-electron chi connectivity index (χ3n) is 3.26. The predicted molar refractivity (Wildman–Crippen MR) is 81.1 cm³/mol. The normalized spacial score (nSPS) is 10.9. The first-order chi connectivity index (χ1) is 10.3. The summed E-state index contributed by atoms with van der Waals surface area (Å²) >= 11 is 5.87. The molecule has 21 heavy (non-hydrogen) atoms. The maximum atomic E-state index is 5.87. The Kier molecular flexibility index (Phi) is 4.31. The summed E-state index contributed by atoms with van der Waals surface area (Å²) in [4.78, 5) is 4.01. The van der Waals surface area contributed by atoms with Gasteiger partial charge in [-0.1, -0.05) is 28.9 Å². The lowest BCUT2D eigenvalue weighted by atomic mass is 10.1. The summed E-state index contributed by atoms with van der Waals surface area (Å²) in [6, 6.07) is 7.98. The molecule has 0 aliphatic rings. The third kappa shape index (κ3) is 3.92. The molecule has 6 heteroatoms. The molecule has 0 N–H and O–H groups in total. The summed E-state index contributed by atoms with van der Waals surface area (Å²) < 4.78 is 3.87. The smallest absolute Gasteiger partial charge is 0.102 e. The predicted octanol–water partition coefficient (Wildman–Crippen LogP) is 2.81. The Morgan fingerprint density at radius 3 is 2.76 bits per heavy atom. The quantitative estimate of drug-likeness (QED) is 0.703. The lowest BCUT2D eigenvalue weighted by Gasteiger charge is -2.02. The van der Waals surface area contributed by atoms with Gasteiger partial charge < -0.3 is 4.57 Å². The van der Waals surface area contributed by atoms with Gasteiger partial charge in [0.05, 0.1) is 19.1 Å². The van der Waals surface area contributed by atoms with Gasteiger partial charge in [-0.15, -0.1) is 5.10 Å². The molecule has 0 saturated heterocycles. The van der Waals surface area contributed by atoms with E-state index in [1.54, 1.807) is 12.5 Å². The highest BCUT2D eigenvalue weighted by molar-refractivity contribution is 6.30. The van der Waals surface area contributed by atoms with Gasteiger partial charge in [-0.05, 0) is 30.5 Å². The standard InChI is InChI=1S/C15H16ClN5/c16-14-5-3-13(4-6-14)2-1-8-21-11-15(18-19-21)10-20-9-7-17-12-20/h3-7,9,11-12H,1-2,8,10H2. The van der Waals surface area contributed by atoms with E-state index in [-0.39, 0.29) is 0 Å². The number of benzene rings is 1. The van der Waals surface area contributed by atoms with E-state index in [1.807, 2.05) is 33.8 Å². The van der Waals surface area contributed by atoms with Crippen molar-refractivity contribution in [2.75, 3.05) is 0 Å². The summed E-state index contributed by atoms with van der Waals surface area (Å²) in [5.41, 5.74) is 2.23. The molecule has 3 aromatic rings. The maximum absolute atomic E-state index is 5.87.